The molecule has 0 aromatic carbocycles. The number of carbonyl (C=O) groups is 1. The molecule has 0 radical (unpaired) electrons. The van der Waals surface area contributed by atoms with E-state index in [0.717, 1.165) is 0 Å². The predicted octanol–water partition coefficient (Wildman–Crippen LogP) is -0.578. The molecule has 0 aromatic heterocycles. The van der Waals surface area contributed by atoms with E-state index in [2.05, 4.69) is 4.18 Å². The van der Waals surface area contributed by atoms with Gasteiger partial charge in [-0.1, -0.05) is 0 Å². The third kappa shape index (κ3) is 7.92. The number of aliphatic hydroxyl groups excluding tert-OH is 1. The van der Waals surface area contributed by atoms with Crippen molar-refractivity contribution >= 4 is 16.4 Å². The maximum absolute atomic E-state index is 10.3. The topological polar surface area (TPSA) is 121 Å². The summed E-state index contributed by atoms with van der Waals surface area (Å²) in [6.07, 6.45) is -1.44. The molecule has 0 aliphatic rings. The van der Waals surface area contributed by atoms with Crippen molar-refractivity contribution in [3.63, 3.8) is 0 Å². The van der Waals surface area contributed by atoms with Crippen LogP contribution in [0.15, 0.2) is 0 Å². The van der Waals surface area contributed by atoms with E-state index in [4.69, 9.17) is 14.8 Å². The van der Waals surface area contributed by atoms with Gasteiger partial charge in [-0.05, 0) is 12.8 Å². The molecule has 7 nitrogen and oxygen atoms in total. The van der Waals surface area contributed by atoms with Crippen LogP contribution in [0.5, 0.6) is 0 Å². The molecule has 0 saturated carbocycles. The van der Waals surface area contributed by atoms with Crippen molar-refractivity contribution in [1.29, 1.82) is 0 Å². The minimum absolute atomic E-state index is 0.0485. The summed E-state index contributed by atoms with van der Waals surface area (Å²) >= 11 is 0. The monoisotopic (exact) mass is 228 g/mol. The molecule has 0 aliphatic carbocycles. The van der Waals surface area contributed by atoms with Crippen LogP contribution >= 0.6 is 0 Å². The summed E-state index contributed by atoms with van der Waals surface area (Å²) in [4.78, 5) is 10.1. The highest BCUT2D eigenvalue weighted by molar-refractivity contribution is 7.80. The van der Waals surface area contributed by atoms with E-state index < -0.39 is 22.5 Å². The summed E-state index contributed by atoms with van der Waals surface area (Å²) in [5.41, 5.74) is 0. The number of carboxylic acids is 1. The standard InChI is InChI=1S/C6H12O7S/c7-4-3-5(1-2-6(8)9)13-14(10,11)12/h5,7H,1-4H2,(H,8,9)(H,10,11,12). The van der Waals surface area contributed by atoms with Crippen LogP contribution in [-0.2, 0) is 19.4 Å². The number of rotatable bonds is 7. The van der Waals surface area contributed by atoms with Gasteiger partial charge >= 0.3 is 16.4 Å². The maximum atomic E-state index is 10.3. The molecule has 0 aromatic rings. The molecule has 0 spiro atoms. The molecular formula is C6H12O7S. The van der Waals surface area contributed by atoms with E-state index in [1.807, 2.05) is 0 Å². The summed E-state index contributed by atoms with van der Waals surface area (Å²) in [6.45, 7) is -0.347. The van der Waals surface area contributed by atoms with Crippen LogP contribution in [-0.4, -0.2) is 41.9 Å². The first-order valence-electron chi connectivity index (χ1n) is 3.83. The molecule has 1 unspecified atom stereocenters. The zero-order valence-electron chi connectivity index (χ0n) is 7.29. The first-order valence-corrected chi connectivity index (χ1v) is 5.20. The van der Waals surface area contributed by atoms with Crippen LogP contribution in [0, 0.1) is 0 Å². The highest BCUT2D eigenvalue weighted by Gasteiger charge is 2.17. The van der Waals surface area contributed by atoms with Gasteiger partial charge in [0, 0.05) is 13.0 Å². The minimum Gasteiger partial charge on any atom is -0.481 e. The van der Waals surface area contributed by atoms with E-state index >= 15 is 0 Å². The molecule has 0 fully saturated rings. The second-order valence-electron chi connectivity index (χ2n) is 2.59. The fourth-order valence-corrected chi connectivity index (χ4v) is 1.38. The number of hydrogen-bond acceptors (Lipinski definition) is 5. The number of aliphatic carboxylic acids is 1. The highest BCUT2D eigenvalue weighted by atomic mass is 32.3. The Morgan fingerprint density at radius 1 is 1.36 bits per heavy atom. The quantitative estimate of drug-likeness (QED) is 0.498. The molecule has 0 rings (SSSR count). The molecule has 0 amide bonds. The summed E-state index contributed by atoms with van der Waals surface area (Å²) in [6, 6.07) is 0. The lowest BCUT2D eigenvalue weighted by molar-refractivity contribution is -0.137. The van der Waals surface area contributed by atoms with E-state index in [-0.39, 0.29) is 25.9 Å². The lowest BCUT2D eigenvalue weighted by atomic mass is 10.1. The van der Waals surface area contributed by atoms with Crippen molar-refractivity contribution in [1.82, 2.24) is 0 Å². The van der Waals surface area contributed by atoms with Gasteiger partial charge in [-0.15, -0.1) is 0 Å². The normalized spacial score (nSPS) is 13.9. The van der Waals surface area contributed by atoms with Crippen molar-refractivity contribution in [2.45, 2.75) is 25.4 Å². The van der Waals surface area contributed by atoms with Gasteiger partial charge in [0.15, 0.2) is 0 Å². The average molecular weight is 228 g/mol. The number of aliphatic hydroxyl groups is 1. The summed E-state index contributed by atoms with van der Waals surface area (Å²) in [5.74, 6) is -1.10. The second-order valence-corrected chi connectivity index (χ2v) is 3.64. The van der Waals surface area contributed by atoms with Gasteiger partial charge in [0.2, 0.25) is 0 Å². The Hall–Kier alpha value is -0.700. The summed E-state index contributed by atoms with van der Waals surface area (Å²) in [7, 11) is -4.60. The smallest absolute Gasteiger partial charge is 0.397 e. The van der Waals surface area contributed by atoms with Crippen molar-refractivity contribution < 1.29 is 32.2 Å². The largest absolute Gasteiger partial charge is 0.481 e. The van der Waals surface area contributed by atoms with E-state index in [1.165, 1.54) is 0 Å². The van der Waals surface area contributed by atoms with E-state index in [1.54, 1.807) is 0 Å². The third-order valence-electron chi connectivity index (χ3n) is 1.39. The minimum atomic E-state index is -4.60. The van der Waals surface area contributed by atoms with E-state index in [9.17, 15) is 13.2 Å². The van der Waals surface area contributed by atoms with Gasteiger partial charge < -0.3 is 10.2 Å². The van der Waals surface area contributed by atoms with Gasteiger partial charge in [0.25, 0.3) is 0 Å². The Kier molecular flexibility index (Phi) is 5.62. The number of carboxylic acid groups (broad SMARTS) is 1. The second kappa shape index (κ2) is 5.91. The molecule has 8 heteroatoms. The molecule has 14 heavy (non-hydrogen) atoms. The number of hydrogen-bond donors (Lipinski definition) is 3. The predicted molar refractivity (Wildman–Crippen MR) is 45.0 cm³/mol. The maximum Gasteiger partial charge on any atom is 0.397 e. The van der Waals surface area contributed by atoms with Crippen molar-refractivity contribution in [3.8, 4) is 0 Å². The van der Waals surface area contributed by atoms with Crippen molar-refractivity contribution in [2.75, 3.05) is 6.61 Å². The Morgan fingerprint density at radius 3 is 2.29 bits per heavy atom. The fraction of sp³-hybridized carbons (Fsp3) is 0.833. The van der Waals surface area contributed by atoms with Crippen molar-refractivity contribution in [3.05, 3.63) is 0 Å². The molecule has 0 aliphatic heterocycles. The lowest BCUT2D eigenvalue weighted by Crippen LogP contribution is -2.20. The van der Waals surface area contributed by atoms with E-state index in [0.29, 0.717) is 0 Å². The molecule has 84 valence electrons. The Morgan fingerprint density at radius 2 is 1.93 bits per heavy atom. The van der Waals surface area contributed by atoms with Gasteiger partial charge in [0.1, 0.15) is 0 Å². The van der Waals surface area contributed by atoms with Gasteiger partial charge in [-0.2, -0.15) is 8.42 Å². The Bertz CT molecular complexity index is 270. The van der Waals surface area contributed by atoms with Gasteiger partial charge in [-0.3, -0.25) is 9.35 Å². The molecule has 0 bridgehead atoms. The lowest BCUT2D eigenvalue weighted by Gasteiger charge is -2.12. The van der Waals surface area contributed by atoms with Crippen LogP contribution < -0.4 is 0 Å². The molecular weight excluding hydrogens is 216 g/mol. The zero-order valence-corrected chi connectivity index (χ0v) is 8.11. The van der Waals surface area contributed by atoms with Crippen LogP contribution in [0.25, 0.3) is 0 Å². The first kappa shape index (κ1) is 13.3. The molecule has 1 atom stereocenters. The van der Waals surface area contributed by atoms with Gasteiger partial charge in [-0.25, -0.2) is 4.18 Å². The highest BCUT2D eigenvalue weighted by Crippen LogP contribution is 2.09. The molecule has 0 saturated heterocycles. The zero-order chi connectivity index (χ0) is 11.2. The van der Waals surface area contributed by atoms with Crippen molar-refractivity contribution in [2.24, 2.45) is 0 Å². The molecule has 0 heterocycles. The first-order chi connectivity index (χ1) is 6.35. The average Bonchev–Trinajstić information content (AvgIpc) is 1.98. The summed E-state index contributed by atoms with van der Waals surface area (Å²) < 4.78 is 33.0. The Labute approximate surface area is 81.3 Å². The summed E-state index contributed by atoms with van der Waals surface area (Å²) in [5, 5.41) is 16.8. The molecule has 3 N–H and O–H groups in total. The third-order valence-corrected chi connectivity index (χ3v) is 1.90. The van der Waals surface area contributed by atoms with Crippen LogP contribution in [0.4, 0.5) is 0 Å². The van der Waals surface area contributed by atoms with Crippen LogP contribution in [0.3, 0.4) is 0 Å². The van der Waals surface area contributed by atoms with Crippen LogP contribution in [0.2, 0.25) is 0 Å². The fourth-order valence-electron chi connectivity index (χ4n) is 0.841. The van der Waals surface area contributed by atoms with Gasteiger partial charge in [0.05, 0.1) is 6.10 Å². The van der Waals surface area contributed by atoms with Crippen LogP contribution in [0.1, 0.15) is 19.3 Å². The SMILES string of the molecule is O=C(O)CCC(CCO)OS(=O)(=O)O. The Balaban J connectivity index is 4.08.